The summed E-state index contributed by atoms with van der Waals surface area (Å²) in [5, 5.41) is 2.72. The quantitative estimate of drug-likeness (QED) is 0.778. The number of benzene rings is 1. The van der Waals surface area contributed by atoms with Gasteiger partial charge in [-0.1, -0.05) is 13.8 Å². The maximum atomic E-state index is 11.8. The number of nitrogens with two attached hydrogens (primary N) is 1. The van der Waals surface area contributed by atoms with Gasteiger partial charge in [-0.15, -0.1) is 12.4 Å². The van der Waals surface area contributed by atoms with Crippen LogP contribution in [-0.4, -0.2) is 31.6 Å². The summed E-state index contributed by atoms with van der Waals surface area (Å²) in [4.78, 5) is 22.7. The van der Waals surface area contributed by atoms with Gasteiger partial charge in [0.1, 0.15) is 5.75 Å². The molecule has 0 heterocycles. The van der Waals surface area contributed by atoms with Crippen molar-refractivity contribution >= 4 is 30.0 Å². The van der Waals surface area contributed by atoms with Crippen molar-refractivity contribution in [3.63, 3.8) is 0 Å². The van der Waals surface area contributed by atoms with E-state index in [1.54, 1.807) is 24.3 Å². The minimum absolute atomic E-state index is 0. The van der Waals surface area contributed by atoms with E-state index in [4.69, 9.17) is 10.5 Å². The number of ether oxygens (including phenoxy) is 2. The zero-order valence-corrected chi connectivity index (χ0v) is 13.1. The van der Waals surface area contributed by atoms with Gasteiger partial charge in [0, 0.05) is 5.69 Å². The van der Waals surface area contributed by atoms with Gasteiger partial charge in [0.05, 0.1) is 13.2 Å². The Kier molecular flexibility index (Phi) is 8.42. The molecule has 0 saturated heterocycles. The molecule has 0 unspecified atom stereocenters. The van der Waals surface area contributed by atoms with Crippen LogP contribution >= 0.6 is 12.4 Å². The van der Waals surface area contributed by atoms with Crippen molar-refractivity contribution in [1.82, 2.24) is 0 Å². The van der Waals surface area contributed by atoms with Gasteiger partial charge in [0.15, 0.2) is 6.61 Å². The number of carbonyl (C=O) groups is 2. The van der Waals surface area contributed by atoms with Crippen LogP contribution in [0.25, 0.3) is 0 Å². The zero-order valence-electron chi connectivity index (χ0n) is 12.3. The number of esters is 1. The van der Waals surface area contributed by atoms with E-state index >= 15 is 0 Å². The molecule has 0 fully saturated rings. The Morgan fingerprint density at radius 2 is 1.81 bits per heavy atom. The molecule has 1 rings (SSSR count). The Labute approximate surface area is 130 Å². The molecule has 0 aliphatic carbocycles. The predicted molar refractivity (Wildman–Crippen MR) is 82.6 cm³/mol. The fourth-order valence-electron chi connectivity index (χ4n) is 1.36. The van der Waals surface area contributed by atoms with Gasteiger partial charge < -0.3 is 20.5 Å². The van der Waals surface area contributed by atoms with E-state index in [-0.39, 0.29) is 30.8 Å². The first-order valence-electron chi connectivity index (χ1n) is 6.30. The average molecular weight is 317 g/mol. The molecule has 1 aromatic rings. The van der Waals surface area contributed by atoms with Crippen LogP contribution in [0.15, 0.2) is 24.3 Å². The molecule has 3 N–H and O–H groups in total. The Balaban J connectivity index is 0.00000400. The standard InChI is InChI=1S/C14H20N2O4.ClH/c1-9(2)13(15)14(18)16-10-4-6-11(7-5-10)20-8-12(17)19-3;/h4-7,9,13H,8,15H2,1-3H3,(H,16,18);1H/t13-;/m0./s1. The predicted octanol–water partition coefficient (Wildman–Crippen LogP) is 1.58. The molecule has 118 valence electrons. The van der Waals surface area contributed by atoms with Gasteiger partial charge in [0.25, 0.3) is 0 Å². The smallest absolute Gasteiger partial charge is 0.343 e. The molecule has 0 bridgehead atoms. The third kappa shape index (κ3) is 6.46. The molecule has 1 amide bonds. The number of nitrogens with one attached hydrogen (secondary N) is 1. The summed E-state index contributed by atoms with van der Waals surface area (Å²) in [6.45, 7) is 3.61. The number of hydrogen-bond donors (Lipinski definition) is 2. The van der Waals surface area contributed by atoms with Crippen molar-refractivity contribution in [2.45, 2.75) is 19.9 Å². The molecular weight excluding hydrogens is 296 g/mol. The van der Waals surface area contributed by atoms with E-state index in [1.165, 1.54) is 7.11 Å². The maximum absolute atomic E-state index is 11.8. The summed E-state index contributed by atoms with van der Waals surface area (Å²) in [5.41, 5.74) is 6.37. The van der Waals surface area contributed by atoms with E-state index in [0.717, 1.165) is 0 Å². The molecule has 0 aromatic heterocycles. The van der Waals surface area contributed by atoms with Gasteiger partial charge in [-0.05, 0) is 30.2 Å². The molecule has 0 radical (unpaired) electrons. The minimum atomic E-state index is -0.551. The van der Waals surface area contributed by atoms with Gasteiger partial charge in [0.2, 0.25) is 5.91 Å². The summed E-state index contributed by atoms with van der Waals surface area (Å²) < 4.78 is 9.65. The number of hydrogen-bond acceptors (Lipinski definition) is 5. The van der Waals surface area contributed by atoms with Crippen LogP contribution in [0.4, 0.5) is 5.69 Å². The van der Waals surface area contributed by atoms with Crippen LogP contribution in [0.3, 0.4) is 0 Å². The summed E-state index contributed by atoms with van der Waals surface area (Å²) in [5.74, 6) is -0.104. The highest BCUT2D eigenvalue weighted by molar-refractivity contribution is 5.94. The van der Waals surface area contributed by atoms with Crippen LogP contribution in [0.2, 0.25) is 0 Å². The SMILES string of the molecule is COC(=O)COc1ccc(NC(=O)[C@@H](N)C(C)C)cc1.Cl. The average Bonchev–Trinajstić information content (AvgIpc) is 2.45. The van der Waals surface area contributed by atoms with Gasteiger partial charge in [-0.2, -0.15) is 0 Å². The lowest BCUT2D eigenvalue weighted by atomic mass is 10.1. The van der Waals surface area contributed by atoms with Crippen LogP contribution in [0.1, 0.15) is 13.8 Å². The first kappa shape index (κ1) is 19.2. The molecule has 1 atom stereocenters. The number of amides is 1. The summed E-state index contributed by atoms with van der Waals surface area (Å²) >= 11 is 0. The highest BCUT2D eigenvalue weighted by Crippen LogP contribution is 2.16. The molecule has 0 spiro atoms. The normalized spacial score (nSPS) is 11.3. The van der Waals surface area contributed by atoms with Crippen LogP contribution < -0.4 is 15.8 Å². The van der Waals surface area contributed by atoms with Gasteiger partial charge in [-0.25, -0.2) is 4.79 Å². The third-order valence-electron chi connectivity index (χ3n) is 2.73. The molecule has 0 aliphatic heterocycles. The minimum Gasteiger partial charge on any atom is -0.482 e. The summed E-state index contributed by atoms with van der Waals surface area (Å²) in [6.07, 6.45) is 0. The van der Waals surface area contributed by atoms with Crippen LogP contribution in [0, 0.1) is 5.92 Å². The van der Waals surface area contributed by atoms with E-state index in [1.807, 2.05) is 13.8 Å². The highest BCUT2D eigenvalue weighted by Gasteiger charge is 2.17. The first-order valence-corrected chi connectivity index (χ1v) is 6.30. The van der Waals surface area contributed by atoms with Crippen molar-refractivity contribution in [2.24, 2.45) is 11.7 Å². The largest absolute Gasteiger partial charge is 0.482 e. The topological polar surface area (TPSA) is 90.6 Å². The van der Waals surface area contributed by atoms with Crippen molar-refractivity contribution in [1.29, 1.82) is 0 Å². The van der Waals surface area contributed by atoms with E-state index < -0.39 is 12.0 Å². The number of halogens is 1. The third-order valence-corrected chi connectivity index (χ3v) is 2.73. The van der Waals surface area contributed by atoms with Crippen LogP contribution in [-0.2, 0) is 14.3 Å². The Hall–Kier alpha value is -1.79. The lowest BCUT2D eigenvalue weighted by Crippen LogP contribution is -2.39. The molecule has 21 heavy (non-hydrogen) atoms. The number of rotatable bonds is 6. The van der Waals surface area contributed by atoms with E-state index in [2.05, 4.69) is 10.1 Å². The number of anilines is 1. The summed E-state index contributed by atoms with van der Waals surface area (Å²) in [7, 11) is 1.29. The molecule has 0 saturated carbocycles. The van der Waals surface area contributed by atoms with Crippen molar-refractivity contribution in [3.8, 4) is 5.75 Å². The zero-order chi connectivity index (χ0) is 15.1. The van der Waals surface area contributed by atoms with Crippen molar-refractivity contribution in [3.05, 3.63) is 24.3 Å². The molecule has 1 aromatic carbocycles. The second kappa shape index (κ2) is 9.20. The molecule has 0 aliphatic rings. The van der Waals surface area contributed by atoms with Gasteiger partial charge in [-0.3, -0.25) is 4.79 Å². The molecule has 7 heteroatoms. The monoisotopic (exact) mass is 316 g/mol. The Morgan fingerprint density at radius 3 is 2.29 bits per heavy atom. The lowest BCUT2D eigenvalue weighted by molar-refractivity contribution is -0.142. The van der Waals surface area contributed by atoms with E-state index in [0.29, 0.717) is 11.4 Å². The first-order chi connectivity index (χ1) is 9.43. The Bertz CT molecular complexity index is 463. The molecule has 6 nitrogen and oxygen atoms in total. The van der Waals surface area contributed by atoms with Crippen LogP contribution in [0.5, 0.6) is 5.75 Å². The van der Waals surface area contributed by atoms with Crippen molar-refractivity contribution in [2.75, 3.05) is 19.0 Å². The summed E-state index contributed by atoms with van der Waals surface area (Å²) in [6, 6.07) is 6.11. The number of methoxy groups -OCH3 is 1. The second-order valence-electron chi connectivity index (χ2n) is 4.65. The highest BCUT2D eigenvalue weighted by atomic mass is 35.5. The fourth-order valence-corrected chi connectivity index (χ4v) is 1.36. The fraction of sp³-hybridized carbons (Fsp3) is 0.429. The lowest BCUT2D eigenvalue weighted by Gasteiger charge is -2.15. The molecular formula is C14H21ClN2O4. The second-order valence-corrected chi connectivity index (χ2v) is 4.65. The maximum Gasteiger partial charge on any atom is 0.343 e. The van der Waals surface area contributed by atoms with Gasteiger partial charge >= 0.3 is 5.97 Å². The van der Waals surface area contributed by atoms with E-state index in [9.17, 15) is 9.59 Å². The Morgan fingerprint density at radius 1 is 1.24 bits per heavy atom. The van der Waals surface area contributed by atoms with Crippen molar-refractivity contribution < 1.29 is 19.1 Å². The number of carbonyl (C=O) groups excluding carboxylic acids is 2.